The molecule has 2 aromatic carbocycles. The number of rotatable bonds is 7. The van der Waals surface area contributed by atoms with Gasteiger partial charge in [0, 0.05) is 11.7 Å². The number of halogens is 1. The number of nitrogens with one attached hydrogen (secondary N) is 2. The van der Waals surface area contributed by atoms with Gasteiger partial charge in [-0.1, -0.05) is 32.0 Å². The molecule has 2 N–H and O–H groups in total. The molecule has 0 fully saturated rings. The van der Waals surface area contributed by atoms with Gasteiger partial charge >= 0.3 is 0 Å². The van der Waals surface area contributed by atoms with Crippen molar-refractivity contribution >= 4 is 27.5 Å². The number of hydrogen-bond acceptors (Lipinski definition) is 3. The molecule has 0 bridgehead atoms. The van der Waals surface area contributed by atoms with E-state index in [2.05, 4.69) is 40.4 Å². The summed E-state index contributed by atoms with van der Waals surface area (Å²) in [5.74, 6) is 1.21. The Kier molecular flexibility index (Phi) is 7.02. The zero-order valence-corrected chi connectivity index (χ0v) is 16.7. The van der Waals surface area contributed by atoms with E-state index in [4.69, 9.17) is 4.74 Å². The number of amides is 1. The lowest BCUT2D eigenvalue weighted by Gasteiger charge is -2.15. The Morgan fingerprint density at radius 2 is 1.72 bits per heavy atom. The van der Waals surface area contributed by atoms with Gasteiger partial charge < -0.3 is 15.4 Å². The van der Waals surface area contributed by atoms with Crippen LogP contribution < -0.4 is 15.4 Å². The lowest BCUT2D eigenvalue weighted by Crippen LogP contribution is -2.30. The van der Waals surface area contributed by atoms with E-state index in [0.717, 1.165) is 21.5 Å². The summed E-state index contributed by atoms with van der Waals surface area (Å²) in [4.78, 5) is 12.1. The fourth-order valence-corrected chi connectivity index (χ4v) is 3.03. The van der Waals surface area contributed by atoms with E-state index < -0.39 is 0 Å². The summed E-state index contributed by atoms with van der Waals surface area (Å²) in [7, 11) is 1.64. The van der Waals surface area contributed by atoms with E-state index in [9.17, 15) is 4.79 Å². The van der Waals surface area contributed by atoms with E-state index in [1.807, 2.05) is 49.4 Å². The van der Waals surface area contributed by atoms with E-state index in [0.29, 0.717) is 5.92 Å². The highest BCUT2D eigenvalue weighted by molar-refractivity contribution is 9.10. The first-order valence-electron chi connectivity index (χ1n) is 8.37. The molecule has 0 heterocycles. The molecule has 1 amide bonds. The summed E-state index contributed by atoms with van der Waals surface area (Å²) < 4.78 is 6.13. The van der Waals surface area contributed by atoms with Crippen LogP contribution in [0.2, 0.25) is 0 Å². The van der Waals surface area contributed by atoms with Crippen LogP contribution in [0, 0.1) is 0 Å². The van der Waals surface area contributed by atoms with Gasteiger partial charge in [-0.05, 0) is 64.2 Å². The first-order chi connectivity index (χ1) is 11.9. The van der Waals surface area contributed by atoms with Gasteiger partial charge in [-0.3, -0.25) is 4.79 Å². The second-order valence-corrected chi connectivity index (χ2v) is 7.18. The molecular weight excluding hydrogens is 380 g/mol. The van der Waals surface area contributed by atoms with Crippen molar-refractivity contribution in [2.45, 2.75) is 32.7 Å². The highest BCUT2D eigenvalue weighted by Gasteiger charge is 2.10. The number of anilines is 1. The van der Waals surface area contributed by atoms with Crippen molar-refractivity contribution in [2.24, 2.45) is 0 Å². The van der Waals surface area contributed by atoms with Crippen LogP contribution in [-0.4, -0.2) is 19.6 Å². The monoisotopic (exact) mass is 404 g/mol. The largest absolute Gasteiger partial charge is 0.496 e. The average molecular weight is 405 g/mol. The van der Waals surface area contributed by atoms with Crippen molar-refractivity contribution in [3.05, 3.63) is 58.1 Å². The standard InChI is InChI=1S/C20H25BrN2O2/c1-13(2)15-5-8-17(9-6-15)23-20(24)12-22-14(3)16-7-10-19(25-4)18(21)11-16/h5-11,13-14,22H,12H2,1-4H3,(H,23,24)/t14-/m0/s1. The van der Waals surface area contributed by atoms with Gasteiger partial charge in [0.05, 0.1) is 18.1 Å². The molecule has 0 saturated heterocycles. The van der Waals surface area contributed by atoms with Crippen LogP contribution in [0.25, 0.3) is 0 Å². The van der Waals surface area contributed by atoms with Crippen molar-refractivity contribution in [2.75, 3.05) is 19.0 Å². The van der Waals surface area contributed by atoms with Crippen molar-refractivity contribution in [1.82, 2.24) is 5.32 Å². The number of carbonyl (C=O) groups is 1. The van der Waals surface area contributed by atoms with Crippen LogP contribution in [0.15, 0.2) is 46.9 Å². The fourth-order valence-electron chi connectivity index (χ4n) is 2.47. The molecule has 2 aromatic rings. The van der Waals surface area contributed by atoms with Crippen LogP contribution in [-0.2, 0) is 4.79 Å². The Balaban J connectivity index is 1.87. The highest BCUT2D eigenvalue weighted by Crippen LogP contribution is 2.27. The van der Waals surface area contributed by atoms with Gasteiger partial charge in [-0.2, -0.15) is 0 Å². The summed E-state index contributed by atoms with van der Waals surface area (Å²) in [5.41, 5.74) is 3.16. The maximum atomic E-state index is 12.1. The Hall–Kier alpha value is -1.85. The van der Waals surface area contributed by atoms with Crippen LogP contribution >= 0.6 is 15.9 Å². The summed E-state index contributed by atoms with van der Waals surface area (Å²) >= 11 is 3.48. The van der Waals surface area contributed by atoms with E-state index in [-0.39, 0.29) is 18.5 Å². The smallest absolute Gasteiger partial charge is 0.238 e. The van der Waals surface area contributed by atoms with Crippen molar-refractivity contribution in [3.8, 4) is 5.75 Å². The number of benzene rings is 2. The first-order valence-corrected chi connectivity index (χ1v) is 9.16. The Bertz CT molecular complexity index is 714. The molecule has 0 unspecified atom stereocenters. The van der Waals surface area contributed by atoms with Crippen LogP contribution in [0.4, 0.5) is 5.69 Å². The average Bonchev–Trinajstić information content (AvgIpc) is 2.60. The molecule has 0 radical (unpaired) electrons. The third-order valence-electron chi connectivity index (χ3n) is 4.11. The first kappa shape index (κ1) is 19.5. The normalized spacial score (nSPS) is 12.1. The number of ether oxygens (including phenoxy) is 1. The predicted octanol–water partition coefficient (Wildman–Crippen LogP) is 4.87. The van der Waals surface area contributed by atoms with Crippen LogP contribution in [0.5, 0.6) is 5.75 Å². The number of hydrogen-bond donors (Lipinski definition) is 2. The SMILES string of the molecule is COc1ccc([C@H](C)NCC(=O)Nc2ccc(C(C)C)cc2)cc1Br. The molecule has 4 nitrogen and oxygen atoms in total. The summed E-state index contributed by atoms with van der Waals surface area (Å²) in [6.07, 6.45) is 0. The van der Waals surface area contributed by atoms with Crippen molar-refractivity contribution in [1.29, 1.82) is 0 Å². The third kappa shape index (κ3) is 5.58. The quantitative estimate of drug-likeness (QED) is 0.691. The molecule has 0 aromatic heterocycles. The summed E-state index contributed by atoms with van der Waals surface area (Å²) in [6, 6.07) is 13.9. The molecule has 1 atom stereocenters. The molecule has 0 aliphatic rings. The van der Waals surface area contributed by atoms with E-state index in [1.54, 1.807) is 7.11 Å². The molecule has 0 saturated carbocycles. The fraction of sp³-hybridized carbons (Fsp3) is 0.350. The third-order valence-corrected chi connectivity index (χ3v) is 4.73. The Morgan fingerprint density at radius 3 is 2.28 bits per heavy atom. The van der Waals surface area contributed by atoms with E-state index in [1.165, 1.54) is 5.56 Å². The zero-order valence-electron chi connectivity index (χ0n) is 15.1. The second-order valence-electron chi connectivity index (χ2n) is 6.32. The summed E-state index contributed by atoms with van der Waals surface area (Å²) in [5, 5.41) is 6.15. The molecule has 2 rings (SSSR count). The minimum absolute atomic E-state index is 0.0521. The molecular formula is C20H25BrN2O2. The predicted molar refractivity (Wildman–Crippen MR) is 106 cm³/mol. The molecule has 134 valence electrons. The van der Waals surface area contributed by atoms with Gasteiger partial charge in [-0.25, -0.2) is 0 Å². The minimum Gasteiger partial charge on any atom is -0.496 e. The molecule has 25 heavy (non-hydrogen) atoms. The highest BCUT2D eigenvalue weighted by atomic mass is 79.9. The van der Waals surface area contributed by atoms with Crippen LogP contribution in [0.1, 0.15) is 43.9 Å². The Labute approximate surface area is 158 Å². The van der Waals surface area contributed by atoms with Gasteiger partial charge in [0.1, 0.15) is 5.75 Å². The maximum absolute atomic E-state index is 12.1. The van der Waals surface area contributed by atoms with Crippen LogP contribution in [0.3, 0.4) is 0 Å². The maximum Gasteiger partial charge on any atom is 0.238 e. The van der Waals surface area contributed by atoms with E-state index >= 15 is 0 Å². The van der Waals surface area contributed by atoms with Crippen molar-refractivity contribution < 1.29 is 9.53 Å². The molecule has 0 aliphatic carbocycles. The Morgan fingerprint density at radius 1 is 1.08 bits per heavy atom. The van der Waals surface area contributed by atoms with Gasteiger partial charge in [0.2, 0.25) is 5.91 Å². The lowest BCUT2D eigenvalue weighted by atomic mass is 10.0. The van der Waals surface area contributed by atoms with Gasteiger partial charge in [0.15, 0.2) is 0 Å². The number of carbonyl (C=O) groups excluding carboxylic acids is 1. The zero-order chi connectivity index (χ0) is 18.4. The van der Waals surface area contributed by atoms with Gasteiger partial charge in [0.25, 0.3) is 0 Å². The van der Waals surface area contributed by atoms with Gasteiger partial charge in [-0.15, -0.1) is 0 Å². The minimum atomic E-state index is -0.0586. The lowest BCUT2D eigenvalue weighted by molar-refractivity contribution is -0.115. The molecule has 0 aliphatic heterocycles. The number of methoxy groups -OCH3 is 1. The van der Waals surface area contributed by atoms with Crippen molar-refractivity contribution in [3.63, 3.8) is 0 Å². The second kappa shape index (κ2) is 9.02. The molecule has 5 heteroatoms. The summed E-state index contributed by atoms with van der Waals surface area (Å²) in [6.45, 7) is 6.57. The topological polar surface area (TPSA) is 50.4 Å². The molecule has 0 spiro atoms.